The van der Waals surface area contributed by atoms with Crippen molar-refractivity contribution in [3.63, 3.8) is 0 Å². The van der Waals surface area contributed by atoms with Crippen LogP contribution in [0.1, 0.15) is 96.6 Å². The lowest BCUT2D eigenvalue weighted by molar-refractivity contribution is -0.166. The Bertz CT molecular complexity index is 2270. The van der Waals surface area contributed by atoms with Gasteiger partial charge in [0.05, 0.1) is 0 Å². The second-order valence-electron chi connectivity index (χ2n) is 17.0. The average Bonchev–Trinajstić information content (AvgIpc) is 3.07. The number of halogens is 1. The minimum Gasteiger partial charge on any atom is -0.482 e. The predicted octanol–water partition coefficient (Wildman–Crippen LogP) is 10.1. The summed E-state index contributed by atoms with van der Waals surface area (Å²) in [5.41, 5.74) is 1.50. The first-order chi connectivity index (χ1) is 26.2. The van der Waals surface area contributed by atoms with Crippen molar-refractivity contribution in [1.82, 2.24) is 0 Å². The van der Waals surface area contributed by atoms with E-state index >= 15 is 0 Å². The first-order valence-electron chi connectivity index (χ1n) is 18.5. The Kier molecular flexibility index (Phi) is 10.1. The van der Waals surface area contributed by atoms with Crippen molar-refractivity contribution in [3.8, 4) is 28.7 Å². The number of ether oxygens (including phenoxy) is 7. The first-order valence-corrected chi connectivity index (χ1v) is 19.5. The fourth-order valence-electron chi connectivity index (χ4n) is 7.01. The molecule has 0 N–H and O–H groups in total. The smallest absolute Gasteiger partial charge is 0.352 e. The van der Waals surface area contributed by atoms with Crippen LogP contribution in [0.4, 0.5) is 0 Å². The molecule has 0 fully saturated rings. The van der Waals surface area contributed by atoms with Gasteiger partial charge in [0.1, 0.15) is 45.6 Å². The second kappa shape index (κ2) is 14.5. The lowest BCUT2D eigenvalue weighted by Gasteiger charge is -2.37. The largest absolute Gasteiger partial charge is 0.482 e. The van der Waals surface area contributed by atoms with Crippen molar-refractivity contribution < 1.29 is 47.5 Å². The third kappa shape index (κ3) is 8.37. The molecule has 0 spiro atoms. The van der Waals surface area contributed by atoms with E-state index in [0.717, 1.165) is 47.4 Å². The molecule has 1 unspecified atom stereocenters. The Labute approximate surface area is 339 Å². The van der Waals surface area contributed by atoms with E-state index in [9.17, 15) is 14.4 Å². The van der Waals surface area contributed by atoms with Gasteiger partial charge in [-0.3, -0.25) is 0 Å². The molecule has 0 saturated carbocycles. The van der Waals surface area contributed by atoms with Crippen LogP contribution in [0.15, 0.2) is 72.8 Å². The van der Waals surface area contributed by atoms with Gasteiger partial charge in [0.25, 0.3) is 0 Å². The molecule has 7 rings (SSSR count). The van der Waals surface area contributed by atoms with E-state index in [2.05, 4.69) is 28.7 Å². The van der Waals surface area contributed by atoms with Crippen LogP contribution in [0.25, 0.3) is 21.5 Å². The summed E-state index contributed by atoms with van der Waals surface area (Å²) in [5.74, 6) is 1.22. The van der Waals surface area contributed by atoms with Crippen LogP contribution in [0.3, 0.4) is 0 Å². The third-order valence-electron chi connectivity index (χ3n) is 8.90. The standard InChI is InChI=1S/C45H45IO10/c1-43(2,3)54-35(47)22-50-27-12-14-29-24(18-27)10-16-33-37(29)39(31-20-26(46)21-32-40(31)53-41(32)42(49)56-45(7,8)9)38-30-15-13-28(19-25(30)11-17-34(38)52-33)51-23-36(48)55-44(4,5)6/h10-21,39,41H,22-23H2,1-9H3. The highest BCUT2D eigenvalue weighted by molar-refractivity contribution is 14.1. The van der Waals surface area contributed by atoms with Crippen LogP contribution in [-0.2, 0) is 28.6 Å². The van der Waals surface area contributed by atoms with Crippen molar-refractivity contribution >= 4 is 62.0 Å². The number of esters is 3. The summed E-state index contributed by atoms with van der Waals surface area (Å²) in [6, 6.07) is 23.3. The highest BCUT2D eigenvalue weighted by Crippen LogP contribution is 2.57. The number of hydrogen-bond acceptors (Lipinski definition) is 10. The average molecular weight is 873 g/mol. The van der Waals surface area contributed by atoms with Gasteiger partial charge in [-0.2, -0.15) is 0 Å². The van der Waals surface area contributed by atoms with Gasteiger partial charge in [-0.05, 0) is 155 Å². The maximum Gasteiger partial charge on any atom is 0.352 e. The molecule has 0 aromatic heterocycles. The molecular formula is C45H45IO10. The summed E-state index contributed by atoms with van der Waals surface area (Å²) in [6.45, 7) is 15.9. The molecule has 1 atom stereocenters. The Morgan fingerprint density at radius 1 is 0.607 bits per heavy atom. The fourth-order valence-corrected chi connectivity index (χ4v) is 7.68. The molecule has 11 heteroatoms. The van der Waals surface area contributed by atoms with E-state index < -0.39 is 46.7 Å². The Morgan fingerprint density at radius 2 is 1.07 bits per heavy atom. The molecule has 5 aromatic carbocycles. The summed E-state index contributed by atoms with van der Waals surface area (Å²) in [4.78, 5) is 38.2. The zero-order valence-corrected chi connectivity index (χ0v) is 35.1. The molecule has 292 valence electrons. The fraction of sp³-hybridized carbons (Fsp3) is 0.356. The Hall–Kier alpha value is -5.04. The van der Waals surface area contributed by atoms with E-state index in [-0.39, 0.29) is 13.2 Å². The number of hydrogen-bond donors (Lipinski definition) is 0. The molecule has 0 amide bonds. The van der Waals surface area contributed by atoms with Gasteiger partial charge < -0.3 is 33.2 Å². The molecule has 2 heterocycles. The van der Waals surface area contributed by atoms with E-state index in [0.29, 0.717) is 28.7 Å². The molecule has 0 saturated heterocycles. The Balaban J connectivity index is 1.34. The summed E-state index contributed by atoms with van der Waals surface area (Å²) in [6.07, 6.45) is -0.856. The van der Waals surface area contributed by atoms with Gasteiger partial charge in [0.15, 0.2) is 13.2 Å². The van der Waals surface area contributed by atoms with Crippen LogP contribution in [0.2, 0.25) is 0 Å². The van der Waals surface area contributed by atoms with Crippen LogP contribution >= 0.6 is 22.6 Å². The van der Waals surface area contributed by atoms with E-state index in [4.69, 9.17) is 33.2 Å². The van der Waals surface area contributed by atoms with Gasteiger partial charge in [0.2, 0.25) is 6.10 Å². The zero-order valence-electron chi connectivity index (χ0n) is 33.0. The zero-order chi connectivity index (χ0) is 40.3. The van der Waals surface area contributed by atoms with Crippen LogP contribution in [0, 0.1) is 3.57 Å². The van der Waals surface area contributed by atoms with Crippen molar-refractivity contribution in [2.75, 3.05) is 13.2 Å². The van der Waals surface area contributed by atoms with E-state index in [1.807, 2.05) is 129 Å². The van der Waals surface area contributed by atoms with Gasteiger partial charge in [0, 0.05) is 31.7 Å². The van der Waals surface area contributed by atoms with Crippen molar-refractivity contribution in [3.05, 3.63) is 98.6 Å². The van der Waals surface area contributed by atoms with Crippen molar-refractivity contribution in [1.29, 1.82) is 0 Å². The predicted molar refractivity (Wildman–Crippen MR) is 220 cm³/mol. The Morgan fingerprint density at radius 3 is 1.54 bits per heavy atom. The van der Waals surface area contributed by atoms with Gasteiger partial charge in [-0.1, -0.05) is 24.3 Å². The van der Waals surface area contributed by atoms with Crippen molar-refractivity contribution in [2.24, 2.45) is 0 Å². The molecular weight excluding hydrogens is 827 g/mol. The molecule has 56 heavy (non-hydrogen) atoms. The molecule has 10 nitrogen and oxygen atoms in total. The molecule has 5 aromatic rings. The second-order valence-corrected chi connectivity index (χ2v) is 18.2. The molecule has 2 aliphatic rings. The van der Waals surface area contributed by atoms with Crippen molar-refractivity contribution in [2.45, 2.75) is 91.1 Å². The highest BCUT2D eigenvalue weighted by Gasteiger charge is 2.43. The highest BCUT2D eigenvalue weighted by atomic mass is 127. The number of benzene rings is 5. The van der Waals surface area contributed by atoms with Gasteiger partial charge in [-0.15, -0.1) is 0 Å². The summed E-state index contributed by atoms with van der Waals surface area (Å²) < 4.78 is 42.3. The number of carbonyl (C=O) groups excluding carboxylic acids is 3. The lowest BCUT2D eigenvalue weighted by atomic mass is 9.77. The molecule has 0 aliphatic carbocycles. The molecule has 2 aliphatic heterocycles. The van der Waals surface area contributed by atoms with Crippen LogP contribution < -0.4 is 18.9 Å². The first kappa shape index (κ1) is 39.2. The quantitative estimate of drug-likeness (QED) is 0.0832. The summed E-state index contributed by atoms with van der Waals surface area (Å²) >= 11 is 2.28. The molecule has 0 radical (unpaired) electrons. The van der Waals surface area contributed by atoms with E-state index in [1.165, 1.54) is 0 Å². The minimum absolute atomic E-state index is 0.229. The SMILES string of the molecule is CC(C)(C)OC(=O)COc1ccc2c3c(ccc2c1)Oc1ccc2cc(OCC(=O)OC(C)(C)C)ccc2c1C3c1cc(I)cc2c1OC2C(=O)OC(C)(C)C. The van der Waals surface area contributed by atoms with Crippen LogP contribution in [0.5, 0.6) is 28.7 Å². The maximum atomic E-state index is 13.3. The topological polar surface area (TPSA) is 116 Å². The summed E-state index contributed by atoms with van der Waals surface area (Å²) in [7, 11) is 0. The third-order valence-corrected chi connectivity index (χ3v) is 9.52. The van der Waals surface area contributed by atoms with E-state index in [1.54, 1.807) is 0 Å². The monoisotopic (exact) mass is 872 g/mol. The number of fused-ring (bicyclic) bond motifs is 7. The number of carbonyl (C=O) groups is 3. The molecule has 0 bridgehead atoms. The normalized spacial score (nSPS) is 15.0. The van der Waals surface area contributed by atoms with Gasteiger partial charge >= 0.3 is 17.9 Å². The minimum atomic E-state index is -0.856. The van der Waals surface area contributed by atoms with Gasteiger partial charge in [-0.25, -0.2) is 14.4 Å². The maximum absolute atomic E-state index is 13.3. The van der Waals surface area contributed by atoms with Crippen LogP contribution in [-0.4, -0.2) is 47.9 Å². The number of rotatable bonds is 8. The summed E-state index contributed by atoms with van der Waals surface area (Å²) in [5, 5.41) is 3.57. The lowest BCUT2D eigenvalue weighted by Crippen LogP contribution is -2.35.